The van der Waals surface area contributed by atoms with Crippen LogP contribution in [0.5, 0.6) is 17.2 Å². The maximum Gasteiger partial charge on any atom is 0.424 e. The first kappa shape index (κ1) is 30.4. The molecule has 4 rings (SSSR count). The Kier molecular flexibility index (Phi) is 8.00. The Hall–Kier alpha value is -4.53. The van der Waals surface area contributed by atoms with Crippen LogP contribution in [-0.2, 0) is 15.8 Å². The number of halogens is 6. The Morgan fingerprint density at radius 1 is 1.14 bits per heavy atom. The minimum absolute atomic E-state index is 0.0848. The molecule has 15 heteroatoms. The molecular formula is C27H23F6N3O6. The van der Waals surface area contributed by atoms with E-state index in [-0.39, 0.29) is 40.5 Å². The summed E-state index contributed by atoms with van der Waals surface area (Å²) in [6.45, 7) is -3.68. The Labute approximate surface area is 234 Å². The molecule has 3 aromatic rings. The lowest BCUT2D eigenvalue weighted by Crippen LogP contribution is -2.51. The van der Waals surface area contributed by atoms with E-state index < -0.39 is 59.4 Å². The van der Waals surface area contributed by atoms with Gasteiger partial charge in [0.1, 0.15) is 29.3 Å². The lowest BCUT2D eigenvalue weighted by molar-refractivity contribution is -0.265. The van der Waals surface area contributed by atoms with Crippen LogP contribution in [0.1, 0.15) is 28.5 Å². The number of aliphatic hydroxyl groups is 1. The fraction of sp³-hybridized carbons (Fsp3) is 0.296. The van der Waals surface area contributed by atoms with E-state index in [2.05, 4.69) is 9.72 Å². The number of carbonyl (C=O) groups excluding carboxylic acids is 2. The van der Waals surface area contributed by atoms with Gasteiger partial charge < -0.3 is 30.4 Å². The summed E-state index contributed by atoms with van der Waals surface area (Å²) in [5, 5.41) is 13.0. The molecule has 0 aliphatic carbocycles. The number of hydrogen-bond acceptors (Lipinski definition) is 7. The standard InChI is InChI=1S/C27H23F6N3O6/c1-25(23(34)38)12-41-21-16(25)10-19(36-20(21)13-3-6-15(28)7-4-13)26(39,27(31,32)33)11-35-22(37)14-5-8-17(42-24(29)30)18(9-14)40-2/h3-10,24,39H,11-12H2,1-2H3,(H2,34,38)(H,35,37)/t25-,26-/m0/s1. The van der Waals surface area contributed by atoms with Crippen LogP contribution < -0.4 is 25.3 Å². The summed E-state index contributed by atoms with van der Waals surface area (Å²) >= 11 is 0. The molecule has 2 atom stereocenters. The fourth-order valence-corrected chi connectivity index (χ4v) is 4.25. The molecule has 0 saturated heterocycles. The second-order valence-electron chi connectivity index (χ2n) is 9.51. The number of amides is 2. The van der Waals surface area contributed by atoms with Crippen molar-refractivity contribution >= 4 is 11.8 Å². The third-order valence-corrected chi connectivity index (χ3v) is 6.77. The molecule has 4 N–H and O–H groups in total. The molecule has 0 spiro atoms. The molecule has 1 aromatic heterocycles. The van der Waals surface area contributed by atoms with E-state index in [0.717, 1.165) is 43.5 Å². The van der Waals surface area contributed by atoms with Crippen LogP contribution in [0.4, 0.5) is 26.3 Å². The van der Waals surface area contributed by atoms with Crippen LogP contribution in [0.25, 0.3) is 11.3 Å². The zero-order chi connectivity index (χ0) is 31.0. The maximum atomic E-state index is 14.5. The molecule has 0 bridgehead atoms. The van der Waals surface area contributed by atoms with E-state index in [4.69, 9.17) is 15.2 Å². The summed E-state index contributed by atoms with van der Waals surface area (Å²) in [5.74, 6) is -3.52. The summed E-state index contributed by atoms with van der Waals surface area (Å²) in [6, 6.07) is 8.22. The minimum atomic E-state index is -5.43. The molecule has 0 fully saturated rings. The van der Waals surface area contributed by atoms with Crippen molar-refractivity contribution in [1.82, 2.24) is 10.3 Å². The highest BCUT2D eigenvalue weighted by Crippen LogP contribution is 2.47. The van der Waals surface area contributed by atoms with Crippen LogP contribution in [0.2, 0.25) is 0 Å². The zero-order valence-corrected chi connectivity index (χ0v) is 21.9. The predicted molar refractivity (Wildman–Crippen MR) is 134 cm³/mol. The van der Waals surface area contributed by atoms with Gasteiger partial charge in [0, 0.05) is 16.7 Å². The fourth-order valence-electron chi connectivity index (χ4n) is 4.25. The Balaban J connectivity index is 1.77. The average Bonchev–Trinajstić information content (AvgIpc) is 3.28. The van der Waals surface area contributed by atoms with Gasteiger partial charge in [-0.15, -0.1) is 0 Å². The number of fused-ring (bicyclic) bond motifs is 1. The van der Waals surface area contributed by atoms with Crippen molar-refractivity contribution in [3.05, 3.63) is 71.2 Å². The normalized spacial score (nSPS) is 17.7. The second kappa shape index (κ2) is 11.0. The first-order chi connectivity index (χ1) is 19.6. The molecule has 1 aliphatic heterocycles. The molecule has 2 aromatic carbocycles. The number of pyridine rings is 1. The van der Waals surface area contributed by atoms with Gasteiger partial charge in [0.2, 0.25) is 11.5 Å². The number of aromatic nitrogens is 1. The summed E-state index contributed by atoms with van der Waals surface area (Å²) in [5.41, 5.74) is -1.45. The van der Waals surface area contributed by atoms with Crippen molar-refractivity contribution in [2.75, 3.05) is 20.3 Å². The molecule has 0 saturated carbocycles. The number of carbonyl (C=O) groups is 2. The van der Waals surface area contributed by atoms with Gasteiger partial charge in [-0.1, -0.05) is 0 Å². The topological polar surface area (TPSA) is 133 Å². The van der Waals surface area contributed by atoms with Crippen molar-refractivity contribution in [2.45, 2.75) is 30.7 Å². The van der Waals surface area contributed by atoms with E-state index in [0.29, 0.717) is 0 Å². The van der Waals surface area contributed by atoms with Gasteiger partial charge in [-0.05, 0) is 55.5 Å². The quantitative estimate of drug-likeness (QED) is 0.319. The molecule has 1 aliphatic rings. The number of hydrogen-bond donors (Lipinski definition) is 3. The number of nitrogens with one attached hydrogen (secondary N) is 1. The number of ether oxygens (including phenoxy) is 3. The van der Waals surface area contributed by atoms with Crippen molar-refractivity contribution in [2.24, 2.45) is 5.73 Å². The summed E-state index contributed by atoms with van der Waals surface area (Å²) < 4.78 is 97.1. The molecule has 0 unspecified atom stereocenters. The monoisotopic (exact) mass is 599 g/mol. The lowest BCUT2D eigenvalue weighted by Gasteiger charge is -2.31. The molecule has 2 heterocycles. The number of rotatable bonds is 9. The van der Waals surface area contributed by atoms with Crippen molar-refractivity contribution in [1.29, 1.82) is 0 Å². The van der Waals surface area contributed by atoms with Crippen molar-refractivity contribution in [3.8, 4) is 28.5 Å². The van der Waals surface area contributed by atoms with Crippen molar-refractivity contribution in [3.63, 3.8) is 0 Å². The van der Waals surface area contributed by atoms with Crippen LogP contribution in [0, 0.1) is 5.82 Å². The number of benzene rings is 2. The van der Waals surface area contributed by atoms with Gasteiger partial charge in [0.15, 0.2) is 11.5 Å². The molecular weight excluding hydrogens is 576 g/mol. The lowest BCUT2D eigenvalue weighted by atomic mass is 9.81. The molecule has 42 heavy (non-hydrogen) atoms. The highest BCUT2D eigenvalue weighted by atomic mass is 19.4. The third kappa shape index (κ3) is 5.51. The number of methoxy groups -OCH3 is 1. The third-order valence-electron chi connectivity index (χ3n) is 6.77. The van der Waals surface area contributed by atoms with Crippen LogP contribution in [0.3, 0.4) is 0 Å². The zero-order valence-electron chi connectivity index (χ0n) is 21.9. The van der Waals surface area contributed by atoms with Crippen molar-refractivity contribution < 1.29 is 55.2 Å². The molecule has 224 valence electrons. The van der Waals surface area contributed by atoms with Gasteiger partial charge in [0.05, 0.1) is 19.3 Å². The molecule has 2 amide bonds. The highest BCUT2D eigenvalue weighted by molar-refractivity contribution is 5.95. The van der Waals surface area contributed by atoms with Gasteiger partial charge in [0.25, 0.3) is 5.91 Å². The smallest absolute Gasteiger partial charge is 0.424 e. The maximum absolute atomic E-state index is 14.5. The number of alkyl halides is 5. The van der Waals surface area contributed by atoms with Gasteiger partial charge in [-0.25, -0.2) is 9.37 Å². The SMILES string of the molecule is COc1cc(C(=O)NC[C@](O)(c2cc3c(c(-c4ccc(F)cc4)n2)OC[C@]3(C)C(N)=O)C(F)(F)F)ccc1OC(F)F. The Morgan fingerprint density at radius 3 is 2.38 bits per heavy atom. The van der Waals surface area contributed by atoms with Crippen LogP contribution in [-0.4, -0.2) is 55.0 Å². The van der Waals surface area contributed by atoms with E-state index >= 15 is 0 Å². The Bertz CT molecular complexity index is 1520. The molecule has 0 radical (unpaired) electrons. The van der Waals surface area contributed by atoms with Gasteiger partial charge in [-0.3, -0.25) is 9.59 Å². The number of nitrogens with two attached hydrogens (primary N) is 1. The highest BCUT2D eigenvalue weighted by Gasteiger charge is 2.57. The number of nitrogens with zero attached hydrogens (tertiary/aromatic N) is 1. The van der Waals surface area contributed by atoms with E-state index in [1.54, 1.807) is 0 Å². The summed E-state index contributed by atoms with van der Waals surface area (Å²) in [6.07, 6.45) is -5.43. The first-order valence-corrected chi connectivity index (χ1v) is 12.1. The second-order valence-corrected chi connectivity index (χ2v) is 9.51. The predicted octanol–water partition coefficient (Wildman–Crippen LogP) is 3.81. The number of primary amides is 1. The Morgan fingerprint density at radius 2 is 1.81 bits per heavy atom. The largest absolute Gasteiger partial charge is 0.493 e. The minimum Gasteiger partial charge on any atom is -0.493 e. The van der Waals surface area contributed by atoms with Crippen LogP contribution >= 0.6 is 0 Å². The van der Waals surface area contributed by atoms with Crippen LogP contribution in [0.15, 0.2) is 48.5 Å². The summed E-state index contributed by atoms with van der Waals surface area (Å²) in [4.78, 5) is 29.1. The van der Waals surface area contributed by atoms with E-state index in [1.807, 2.05) is 5.32 Å². The average molecular weight is 599 g/mol. The summed E-state index contributed by atoms with van der Waals surface area (Å²) in [7, 11) is 1.10. The van der Waals surface area contributed by atoms with E-state index in [9.17, 15) is 41.0 Å². The van der Waals surface area contributed by atoms with Gasteiger partial charge in [-0.2, -0.15) is 22.0 Å². The molecule has 9 nitrogen and oxygen atoms in total. The van der Waals surface area contributed by atoms with E-state index in [1.165, 1.54) is 19.1 Å². The first-order valence-electron chi connectivity index (χ1n) is 12.1. The van der Waals surface area contributed by atoms with Gasteiger partial charge >= 0.3 is 12.8 Å².